The molecule has 2 rings (SSSR count). The highest BCUT2D eigenvalue weighted by Gasteiger charge is 1.99. The van der Waals surface area contributed by atoms with Crippen molar-refractivity contribution in [2.45, 2.75) is 13.3 Å². The van der Waals surface area contributed by atoms with Crippen molar-refractivity contribution in [3.8, 4) is 0 Å². The van der Waals surface area contributed by atoms with Crippen LogP contribution in [-0.2, 0) is 6.42 Å². The fourth-order valence-corrected chi connectivity index (χ4v) is 1.57. The molecule has 1 aromatic heterocycles. The van der Waals surface area contributed by atoms with E-state index in [4.69, 9.17) is 11.6 Å². The molecule has 2 heteroatoms. The van der Waals surface area contributed by atoms with E-state index in [2.05, 4.69) is 18.0 Å². The normalized spacial score (nSPS) is 10.6. The maximum atomic E-state index is 6.02. The lowest BCUT2D eigenvalue weighted by Gasteiger charge is -2.01. The van der Waals surface area contributed by atoms with Crippen molar-refractivity contribution in [3.05, 3.63) is 41.0 Å². The molecule has 1 nitrogen and oxygen atoms in total. The molecule has 0 saturated heterocycles. The van der Waals surface area contributed by atoms with Gasteiger partial charge in [0.05, 0.1) is 10.5 Å². The molecule has 0 aliphatic rings. The molecule has 1 aromatic carbocycles. The summed E-state index contributed by atoms with van der Waals surface area (Å²) in [6.45, 7) is 2.09. The topological polar surface area (TPSA) is 12.9 Å². The lowest BCUT2D eigenvalue weighted by atomic mass is 10.2. The molecular weight excluding hydrogens is 182 g/mol. The summed E-state index contributed by atoms with van der Waals surface area (Å²) < 4.78 is 0. The second-order valence-electron chi connectivity index (χ2n) is 2.97. The van der Waals surface area contributed by atoms with Crippen LogP contribution in [0.1, 0.15) is 12.6 Å². The molecule has 1 heterocycles. The minimum atomic E-state index is 0.729. The fourth-order valence-electron chi connectivity index (χ4n) is 1.35. The van der Waals surface area contributed by atoms with Crippen LogP contribution in [0.3, 0.4) is 0 Å². The van der Waals surface area contributed by atoms with Crippen LogP contribution in [0.4, 0.5) is 0 Å². The van der Waals surface area contributed by atoms with E-state index in [0.29, 0.717) is 0 Å². The second-order valence-corrected chi connectivity index (χ2v) is 3.37. The number of benzene rings is 1. The van der Waals surface area contributed by atoms with Gasteiger partial charge in [-0.2, -0.15) is 0 Å². The predicted molar refractivity (Wildman–Crippen MR) is 56.1 cm³/mol. The number of nitrogens with zero attached hydrogens (tertiary/aromatic N) is 1. The number of rotatable bonds is 1. The lowest BCUT2D eigenvalue weighted by Crippen LogP contribution is -1.87. The molecule has 0 atom stereocenters. The number of hydrogen-bond donors (Lipinski definition) is 0. The Bertz CT molecular complexity index is 437. The van der Waals surface area contributed by atoms with Crippen LogP contribution in [-0.4, -0.2) is 4.98 Å². The van der Waals surface area contributed by atoms with E-state index in [1.807, 2.05) is 24.3 Å². The summed E-state index contributed by atoms with van der Waals surface area (Å²) in [7, 11) is 0. The van der Waals surface area contributed by atoms with Crippen molar-refractivity contribution in [1.82, 2.24) is 4.98 Å². The first-order valence-corrected chi connectivity index (χ1v) is 4.73. The summed E-state index contributed by atoms with van der Waals surface area (Å²) in [5.41, 5.74) is 1.99. The van der Waals surface area contributed by atoms with E-state index in [0.717, 1.165) is 28.0 Å². The highest BCUT2D eigenvalue weighted by atomic mass is 35.5. The van der Waals surface area contributed by atoms with Gasteiger partial charge in [-0.3, -0.25) is 4.98 Å². The average molecular weight is 192 g/mol. The van der Waals surface area contributed by atoms with Gasteiger partial charge < -0.3 is 0 Å². The predicted octanol–water partition coefficient (Wildman–Crippen LogP) is 3.45. The third kappa shape index (κ3) is 1.52. The minimum Gasteiger partial charge on any atom is -0.251 e. The van der Waals surface area contributed by atoms with Gasteiger partial charge in [-0.05, 0) is 18.6 Å². The van der Waals surface area contributed by atoms with Gasteiger partial charge >= 0.3 is 0 Å². The zero-order valence-electron chi connectivity index (χ0n) is 7.42. The average Bonchev–Trinajstić information content (AvgIpc) is 2.18. The first kappa shape index (κ1) is 8.52. The molecule has 0 saturated carbocycles. The summed E-state index contributed by atoms with van der Waals surface area (Å²) >= 11 is 6.02. The molecule has 0 radical (unpaired) electrons. The number of hydrogen-bond acceptors (Lipinski definition) is 1. The van der Waals surface area contributed by atoms with Crippen LogP contribution < -0.4 is 0 Å². The Morgan fingerprint density at radius 1 is 1.23 bits per heavy atom. The minimum absolute atomic E-state index is 0.729. The highest BCUT2D eigenvalue weighted by molar-refractivity contribution is 6.35. The number of fused-ring (bicyclic) bond motifs is 1. The maximum Gasteiger partial charge on any atom is 0.0891 e. The Morgan fingerprint density at radius 2 is 2.08 bits per heavy atom. The third-order valence-corrected chi connectivity index (χ3v) is 2.40. The summed E-state index contributed by atoms with van der Waals surface area (Å²) in [4.78, 5) is 4.46. The van der Waals surface area contributed by atoms with Gasteiger partial charge in [0.15, 0.2) is 0 Å². The van der Waals surface area contributed by atoms with Gasteiger partial charge in [0.1, 0.15) is 0 Å². The van der Waals surface area contributed by atoms with Gasteiger partial charge in [-0.15, -0.1) is 0 Å². The smallest absolute Gasteiger partial charge is 0.0891 e. The van der Waals surface area contributed by atoms with E-state index in [1.54, 1.807) is 0 Å². The van der Waals surface area contributed by atoms with Gasteiger partial charge in [0.2, 0.25) is 0 Å². The van der Waals surface area contributed by atoms with Crippen LogP contribution in [0.5, 0.6) is 0 Å². The molecule has 0 spiro atoms. The molecule has 0 amide bonds. The molecule has 0 aliphatic heterocycles. The van der Waals surface area contributed by atoms with Gasteiger partial charge in [-0.1, -0.05) is 36.7 Å². The number of halogens is 1. The van der Waals surface area contributed by atoms with Crippen molar-refractivity contribution >= 4 is 22.5 Å². The number of para-hydroxylation sites is 1. The van der Waals surface area contributed by atoms with Crippen LogP contribution in [0.15, 0.2) is 30.3 Å². The SMILES string of the molecule is CCc1ccc2cccc(Cl)c2n1. The van der Waals surface area contributed by atoms with E-state index in [1.165, 1.54) is 0 Å². The monoisotopic (exact) mass is 191 g/mol. The molecule has 0 aliphatic carbocycles. The third-order valence-electron chi connectivity index (χ3n) is 2.09. The summed E-state index contributed by atoms with van der Waals surface area (Å²) in [6.07, 6.45) is 0.946. The summed E-state index contributed by atoms with van der Waals surface area (Å²) in [6, 6.07) is 9.94. The Kier molecular flexibility index (Phi) is 2.19. The zero-order chi connectivity index (χ0) is 9.26. The molecule has 2 aromatic rings. The van der Waals surface area contributed by atoms with E-state index in [-0.39, 0.29) is 0 Å². The van der Waals surface area contributed by atoms with Crippen molar-refractivity contribution in [2.24, 2.45) is 0 Å². The highest BCUT2D eigenvalue weighted by Crippen LogP contribution is 2.21. The van der Waals surface area contributed by atoms with Crippen LogP contribution >= 0.6 is 11.6 Å². The van der Waals surface area contributed by atoms with Crippen molar-refractivity contribution in [3.63, 3.8) is 0 Å². The Morgan fingerprint density at radius 3 is 2.85 bits per heavy atom. The standard InChI is InChI=1S/C11H10ClN/c1-2-9-7-6-8-4-3-5-10(12)11(8)13-9/h3-7H,2H2,1H3. The van der Waals surface area contributed by atoms with Crippen LogP contribution in [0.2, 0.25) is 5.02 Å². The lowest BCUT2D eigenvalue weighted by molar-refractivity contribution is 1.06. The second kappa shape index (κ2) is 3.35. The number of pyridine rings is 1. The van der Waals surface area contributed by atoms with Crippen molar-refractivity contribution in [1.29, 1.82) is 0 Å². The summed E-state index contributed by atoms with van der Waals surface area (Å²) in [5, 5.41) is 1.83. The van der Waals surface area contributed by atoms with E-state index in [9.17, 15) is 0 Å². The maximum absolute atomic E-state index is 6.02. The Hall–Kier alpha value is -1.08. The first-order valence-electron chi connectivity index (χ1n) is 4.35. The fraction of sp³-hybridized carbons (Fsp3) is 0.182. The molecular formula is C11H10ClN. The zero-order valence-corrected chi connectivity index (χ0v) is 8.17. The number of aryl methyl sites for hydroxylation is 1. The first-order chi connectivity index (χ1) is 6.31. The van der Waals surface area contributed by atoms with Crippen LogP contribution in [0.25, 0.3) is 10.9 Å². The molecule has 0 N–H and O–H groups in total. The van der Waals surface area contributed by atoms with Gasteiger partial charge in [0.25, 0.3) is 0 Å². The van der Waals surface area contributed by atoms with Gasteiger partial charge in [-0.25, -0.2) is 0 Å². The van der Waals surface area contributed by atoms with E-state index >= 15 is 0 Å². The molecule has 0 bridgehead atoms. The Labute approximate surface area is 82.4 Å². The molecule has 66 valence electrons. The molecule has 0 fully saturated rings. The largest absolute Gasteiger partial charge is 0.251 e. The molecule has 13 heavy (non-hydrogen) atoms. The van der Waals surface area contributed by atoms with Crippen LogP contribution in [0, 0.1) is 0 Å². The van der Waals surface area contributed by atoms with Crippen molar-refractivity contribution < 1.29 is 0 Å². The molecule has 0 unspecified atom stereocenters. The summed E-state index contributed by atoms with van der Waals surface area (Å²) in [5.74, 6) is 0. The van der Waals surface area contributed by atoms with E-state index < -0.39 is 0 Å². The quantitative estimate of drug-likeness (QED) is 0.673. The van der Waals surface area contributed by atoms with Gasteiger partial charge in [0, 0.05) is 11.1 Å². The Balaban J connectivity index is 2.74. The number of aromatic nitrogens is 1. The van der Waals surface area contributed by atoms with Crippen molar-refractivity contribution in [2.75, 3.05) is 0 Å².